The highest BCUT2D eigenvalue weighted by Gasteiger charge is 2.42. The van der Waals surface area contributed by atoms with Gasteiger partial charge in [0.25, 0.3) is 0 Å². The highest BCUT2D eigenvalue weighted by atomic mass is 16.5. The van der Waals surface area contributed by atoms with E-state index >= 15 is 0 Å². The maximum Gasteiger partial charge on any atom is 0.310 e. The van der Waals surface area contributed by atoms with Crippen molar-refractivity contribution in [2.45, 2.75) is 105 Å². The van der Waals surface area contributed by atoms with Crippen molar-refractivity contribution in [1.82, 2.24) is 0 Å². The van der Waals surface area contributed by atoms with Crippen molar-refractivity contribution >= 4 is 11.9 Å². The molecule has 1 aliphatic rings. The molecular weight excluding hydrogens is 364 g/mol. The van der Waals surface area contributed by atoms with Crippen LogP contribution in [0.15, 0.2) is 0 Å². The molecule has 0 amide bonds. The van der Waals surface area contributed by atoms with Gasteiger partial charge in [-0.05, 0) is 43.4 Å². The molecule has 0 heterocycles. The van der Waals surface area contributed by atoms with Crippen LogP contribution in [0.2, 0.25) is 0 Å². The molecule has 0 spiro atoms. The predicted octanol–water partition coefficient (Wildman–Crippen LogP) is 6.56. The minimum absolute atomic E-state index is 0.173. The first-order valence-electron chi connectivity index (χ1n) is 12.3. The molecule has 0 saturated heterocycles. The van der Waals surface area contributed by atoms with E-state index in [1.54, 1.807) is 0 Å². The molecule has 29 heavy (non-hydrogen) atoms. The van der Waals surface area contributed by atoms with Crippen LogP contribution in [0.1, 0.15) is 105 Å². The molecule has 1 fully saturated rings. The van der Waals surface area contributed by atoms with E-state index in [2.05, 4.69) is 34.6 Å². The summed E-state index contributed by atoms with van der Waals surface area (Å²) in [6, 6.07) is 0. The molecule has 1 saturated carbocycles. The molecule has 0 bridgehead atoms. The second-order valence-corrected chi connectivity index (χ2v) is 9.13. The van der Waals surface area contributed by atoms with Crippen LogP contribution in [-0.2, 0) is 19.1 Å². The average molecular weight is 411 g/mol. The van der Waals surface area contributed by atoms with Crippen molar-refractivity contribution < 1.29 is 19.1 Å². The molecule has 1 rings (SSSR count). The third-order valence-corrected chi connectivity index (χ3v) is 6.81. The summed E-state index contributed by atoms with van der Waals surface area (Å²) in [5.74, 6) is -0.0484. The van der Waals surface area contributed by atoms with Crippen LogP contribution in [0.3, 0.4) is 0 Å². The monoisotopic (exact) mass is 410 g/mol. The van der Waals surface area contributed by atoms with Gasteiger partial charge < -0.3 is 9.47 Å². The molecule has 5 unspecified atom stereocenters. The second-order valence-electron chi connectivity index (χ2n) is 9.13. The van der Waals surface area contributed by atoms with Crippen LogP contribution in [0.5, 0.6) is 0 Å². The zero-order chi connectivity index (χ0) is 21.6. The summed E-state index contributed by atoms with van der Waals surface area (Å²) in [5, 5.41) is 0. The topological polar surface area (TPSA) is 52.6 Å². The molecule has 170 valence electrons. The minimum atomic E-state index is -0.351. The lowest BCUT2D eigenvalue weighted by molar-refractivity contribution is -0.167. The van der Waals surface area contributed by atoms with Gasteiger partial charge in [-0.2, -0.15) is 0 Å². The lowest BCUT2D eigenvalue weighted by Gasteiger charge is -2.34. The molecule has 0 radical (unpaired) electrons. The number of unbranched alkanes of at least 4 members (excludes halogenated alkanes) is 2. The quantitative estimate of drug-likeness (QED) is 0.304. The van der Waals surface area contributed by atoms with Gasteiger partial charge >= 0.3 is 11.9 Å². The second kappa shape index (κ2) is 14.8. The Balaban J connectivity index is 2.64. The summed E-state index contributed by atoms with van der Waals surface area (Å²) in [7, 11) is 0. The third-order valence-electron chi connectivity index (χ3n) is 6.81. The Labute approximate surface area is 179 Å². The Morgan fingerprint density at radius 2 is 1.34 bits per heavy atom. The Morgan fingerprint density at radius 1 is 0.828 bits per heavy atom. The van der Waals surface area contributed by atoms with Gasteiger partial charge in [0.1, 0.15) is 0 Å². The zero-order valence-corrected chi connectivity index (χ0v) is 19.7. The number of esters is 2. The van der Waals surface area contributed by atoms with Crippen molar-refractivity contribution in [1.29, 1.82) is 0 Å². The molecule has 0 aromatic rings. The summed E-state index contributed by atoms with van der Waals surface area (Å²) in [5.41, 5.74) is 0. The lowest BCUT2D eigenvalue weighted by atomic mass is 9.72. The van der Waals surface area contributed by atoms with Crippen molar-refractivity contribution in [3.05, 3.63) is 0 Å². The van der Waals surface area contributed by atoms with Gasteiger partial charge in [-0.15, -0.1) is 0 Å². The minimum Gasteiger partial charge on any atom is -0.465 e. The number of carbonyl (C=O) groups excluding carboxylic acids is 2. The highest BCUT2D eigenvalue weighted by molar-refractivity contribution is 5.82. The Morgan fingerprint density at radius 3 is 1.83 bits per heavy atom. The molecule has 0 aromatic carbocycles. The molecule has 4 heteroatoms. The standard InChI is InChI=1S/C25H46O4/c1-6-10-14-20(8-3)17-28-24(26)22-16-12-13-19(5)23(22)25(27)29-18-21(9-4)15-11-7-2/h19-23H,6-18H2,1-5H3. The zero-order valence-electron chi connectivity index (χ0n) is 19.7. The van der Waals surface area contributed by atoms with E-state index in [9.17, 15) is 9.59 Å². The molecule has 0 aromatic heterocycles. The lowest BCUT2D eigenvalue weighted by Crippen LogP contribution is -2.40. The number of hydrogen-bond acceptors (Lipinski definition) is 4. The molecule has 0 N–H and O–H groups in total. The summed E-state index contributed by atoms with van der Waals surface area (Å²) in [4.78, 5) is 25.8. The number of rotatable bonds is 14. The van der Waals surface area contributed by atoms with Gasteiger partial charge in [0.2, 0.25) is 0 Å². The fourth-order valence-electron chi connectivity index (χ4n) is 4.48. The maximum absolute atomic E-state index is 12.9. The Hall–Kier alpha value is -1.06. The smallest absolute Gasteiger partial charge is 0.310 e. The fourth-order valence-corrected chi connectivity index (χ4v) is 4.48. The summed E-state index contributed by atoms with van der Waals surface area (Å²) in [6.07, 6.45) is 11.6. The SMILES string of the molecule is CCCCC(CC)COC(=O)C1CCCC(C)C1C(=O)OCC(CC)CCCC. The number of hydrogen-bond donors (Lipinski definition) is 0. The third kappa shape index (κ3) is 9.09. The van der Waals surface area contributed by atoms with E-state index in [0.29, 0.717) is 25.0 Å². The number of carbonyl (C=O) groups is 2. The van der Waals surface area contributed by atoms with E-state index in [1.807, 2.05) is 0 Å². The molecule has 0 aliphatic heterocycles. The normalized spacial score (nSPS) is 24.0. The van der Waals surface area contributed by atoms with E-state index in [4.69, 9.17) is 9.47 Å². The van der Waals surface area contributed by atoms with Gasteiger partial charge in [0.15, 0.2) is 0 Å². The summed E-state index contributed by atoms with van der Waals surface area (Å²) < 4.78 is 11.4. The largest absolute Gasteiger partial charge is 0.465 e. The molecule has 1 aliphatic carbocycles. The maximum atomic E-state index is 12.9. The average Bonchev–Trinajstić information content (AvgIpc) is 2.73. The van der Waals surface area contributed by atoms with Gasteiger partial charge in [0, 0.05) is 0 Å². The van der Waals surface area contributed by atoms with E-state index in [0.717, 1.165) is 57.8 Å². The van der Waals surface area contributed by atoms with E-state index in [1.165, 1.54) is 12.8 Å². The van der Waals surface area contributed by atoms with Crippen molar-refractivity contribution in [3.63, 3.8) is 0 Å². The van der Waals surface area contributed by atoms with Crippen molar-refractivity contribution in [2.24, 2.45) is 29.6 Å². The van der Waals surface area contributed by atoms with Crippen LogP contribution in [-0.4, -0.2) is 25.2 Å². The fraction of sp³-hybridized carbons (Fsp3) is 0.920. The van der Waals surface area contributed by atoms with Gasteiger partial charge in [0.05, 0.1) is 25.0 Å². The Kier molecular flexibility index (Phi) is 13.3. The van der Waals surface area contributed by atoms with E-state index < -0.39 is 0 Å². The summed E-state index contributed by atoms with van der Waals surface area (Å²) in [6.45, 7) is 11.7. The molecule has 5 atom stereocenters. The van der Waals surface area contributed by atoms with Crippen LogP contribution in [0, 0.1) is 29.6 Å². The summed E-state index contributed by atoms with van der Waals surface area (Å²) >= 11 is 0. The molecule has 4 nitrogen and oxygen atoms in total. The van der Waals surface area contributed by atoms with Crippen LogP contribution in [0.25, 0.3) is 0 Å². The van der Waals surface area contributed by atoms with Gasteiger partial charge in [-0.3, -0.25) is 9.59 Å². The van der Waals surface area contributed by atoms with E-state index in [-0.39, 0.29) is 29.7 Å². The van der Waals surface area contributed by atoms with Gasteiger partial charge in [-0.1, -0.05) is 79.6 Å². The number of ether oxygens (including phenoxy) is 2. The first-order chi connectivity index (χ1) is 14.0. The first-order valence-corrected chi connectivity index (χ1v) is 12.3. The Bertz CT molecular complexity index is 462. The first kappa shape index (κ1) is 26.0. The van der Waals surface area contributed by atoms with Crippen LogP contribution < -0.4 is 0 Å². The van der Waals surface area contributed by atoms with Gasteiger partial charge in [-0.25, -0.2) is 0 Å². The highest BCUT2D eigenvalue weighted by Crippen LogP contribution is 2.37. The molecular formula is C25H46O4. The van der Waals surface area contributed by atoms with Crippen LogP contribution in [0.4, 0.5) is 0 Å². The van der Waals surface area contributed by atoms with Crippen molar-refractivity contribution in [2.75, 3.05) is 13.2 Å². The van der Waals surface area contributed by atoms with Crippen molar-refractivity contribution in [3.8, 4) is 0 Å². The van der Waals surface area contributed by atoms with Crippen LogP contribution >= 0.6 is 0 Å². The predicted molar refractivity (Wildman–Crippen MR) is 119 cm³/mol.